The van der Waals surface area contributed by atoms with Gasteiger partial charge in [0.05, 0.1) is 20.6 Å². The third kappa shape index (κ3) is 5.30. The summed E-state index contributed by atoms with van der Waals surface area (Å²) < 4.78 is 38.1. The van der Waals surface area contributed by atoms with Gasteiger partial charge in [-0.1, -0.05) is 0 Å². The molecule has 0 spiro atoms. The first-order valence-corrected chi connectivity index (χ1v) is 4.94. The van der Waals surface area contributed by atoms with Crippen molar-refractivity contribution < 1.29 is 37.5 Å². The molecule has 1 unspecified atom stereocenters. The number of rotatable bonds is 4. The minimum absolute atomic E-state index is 0. The zero-order valence-electron chi connectivity index (χ0n) is 8.09. The molecular weight excluding hydrogens is 232 g/mol. The van der Waals surface area contributed by atoms with Crippen LogP contribution in [0.15, 0.2) is 0 Å². The Balaban J connectivity index is 0. The summed E-state index contributed by atoms with van der Waals surface area (Å²) >= 11 is 0. The Hall–Kier alpha value is -1.19. The fourth-order valence-corrected chi connectivity index (χ4v) is 1.36. The number of esters is 2. The molecule has 8 nitrogen and oxygen atoms in total. The minimum atomic E-state index is -4.66. The van der Waals surface area contributed by atoms with Crippen LogP contribution < -0.4 is 0 Å². The van der Waals surface area contributed by atoms with Gasteiger partial charge in [-0.05, 0) is 0 Å². The maximum atomic E-state index is 10.8. The molecule has 0 bridgehead atoms. The highest BCUT2D eigenvalue weighted by Crippen LogP contribution is 2.07. The van der Waals surface area contributed by atoms with Crippen LogP contribution in [0.25, 0.3) is 0 Å². The van der Waals surface area contributed by atoms with E-state index in [0.717, 1.165) is 14.2 Å². The van der Waals surface area contributed by atoms with Crippen LogP contribution in [0, 0.1) is 0 Å². The van der Waals surface area contributed by atoms with E-state index in [2.05, 4.69) is 9.47 Å². The van der Waals surface area contributed by atoms with Gasteiger partial charge in [-0.15, -0.1) is 0 Å². The standard InChI is InChI=1S/C6H10O7S.H2O/c1-12-5(7)3-4(6(8)13-2)14(9,10)11;/h4H,3H2,1-2H3,(H,9,10,11);1H2. The molecule has 0 aliphatic rings. The summed E-state index contributed by atoms with van der Waals surface area (Å²) in [4.78, 5) is 21.5. The molecule has 90 valence electrons. The molecule has 0 rings (SSSR count). The van der Waals surface area contributed by atoms with Crippen molar-refractivity contribution in [3.8, 4) is 0 Å². The average molecular weight is 244 g/mol. The third-order valence-electron chi connectivity index (χ3n) is 1.40. The molecule has 0 aromatic carbocycles. The molecule has 0 aliphatic heterocycles. The highest BCUT2D eigenvalue weighted by Gasteiger charge is 2.34. The van der Waals surface area contributed by atoms with Gasteiger partial charge < -0.3 is 14.9 Å². The number of ether oxygens (including phenoxy) is 2. The largest absolute Gasteiger partial charge is 0.469 e. The SMILES string of the molecule is COC(=O)CC(C(=O)OC)S(=O)(=O)O.O. The van der Waals surface area contributed by atoms with E-state index in [0.29, 0.717) is 0 Å². The second-order valence-corrected chi connectivity index (χ2v) is 3.91. The van der Waals surface area contributed by atoms with E-state index in [-0.39, 0.29) is 5.48 Å². The smallest absolute Gasteiger partial charge is 0.327 e. The molecule has 0 fully saturated rings. The lowest BCUT2D eigenvalue weighted by Gasteiger charge is -2.09. The molecule has 0 amide bonds. The van der Waals surface area contributed by atoms with Gasteiger partial charge in [0.15, 0.2) is 5.25 Å². The number of hydrogen-bond acceptors (Lipinski definition) is 6. The van der Waals surface area contributed by atoms with E-state index in [9.17, 15) is 18.0 Å². The molecule has 0 aromatic heterocycles. The molecule has 0 radical (unpaired) electrons. The van der Waals surface area contributed by atoms with Crippen LogP contribution >= 0.6 is 0 Å². The van der Waals surface area contributed by atoms with Crippen LogP contribution in [0.5, 0.6) is 0 Å². The van der Waals surface area contributed by atoms with Crippen molar-refractivity contribution >= 4 is 22.1 Å². The summed E-state index contributed by atoms with van der Waals surface area (Å²) in [6.07, 6.45) is -0.776. The molecule has 0 aromatic rings. The highest BCUT2D eigenvalue weighted by atomic mass is 32.2. The van der Waals surface area contributed by atoms with Crippen LogP contribution in [-0.4, -0.2) is 49.9 Å². The Morgan fingerprint density at radius 2 is 1.73 bits per heavy atom. The number of hydrogen-bond donors (Lipinski definition) is 1. The first-order chi connectivity index (χ1) is 6.32. The molecule has 15 heavy (non-hydrogen) atoms. The van der Waals surface area contributed by atoms with Crippen molar-refractivity contribution in [1.29, 1.82) is 0 Å². The van der Waals surface area contributed by atoms with Gasteiger partial charge in [0.1, 0.15) is 0 Å². The van der Waals surface area contributed by atoms with E-state index in [4.69, 9.17) is 4.55 Å². The Bertz CT molecular complexity index is 318. The zero-order valence-corrected chi connectivity index (χ0v) is 8.91. The minimum Gasteiger partial charge on any atom is -0.469 e. The lowest BCUT2D eigenvalue weighted by Crippen LogP contribution is -2.33. The molecular formula is C6H12O8S. The van der Waals surface area contributed by atoms with Crippen molar-refractivity contribution in [2.24, 2.45) is 0 Å². The third-order valence-corrected chi connectivity index (χ3v) is 2.48. The maximum Gasteiger partial charge on any atom is 0.327 e. The second-order valence-electron chi connectivity index (χ2n) is 2.31. The molecule has 0 saturated carbocycles. The number of methoxy groups -OCH3 is 2. The lowest BCUT2D eigenvalue weighted by atomic mass is 10.3. The van der Waals surface area contributed by atoms with Gasteiger partial charge in [0, 0.05) is 0 Å². The Morgan fingerprint density at radius 3 is 2.00 bits per heavy atom. The van der Waals surface area contributed by atoms with Gasteiger partial charge in [-0.3, -0.25) is 14.1 Å². The van der Waals surface area contributed by atoms with Gasteiger partial charge >= 0.3 is 11.9 Å². The second kappa shape index (κ2) is 6.32. The van der Waals surface area contributed by atoms with Crippen LogP contribution in [0.3, 0.4) is 0 Å². The monoisotopic (exact) mass is 244 g/mol. The molecule has 0 saturated heterocycles. The molecule has 3 N–H and O–H groups in total. The Labute approximate surface area is 86.2 Å². The fraction of sp³-hybridized carbons (Fsp3) is 0.667. The van der Waals surface area contributed by atoms with Gasteiger partial charge in [-0.25, -0.2) is 0 Å². The van der Waals surface area contributed by atoms with Crippen LogP contribution in [-0.2, 0) is 29.2 Å². The zero-order chi connectivity index (χ0) is 11.4. The van der Waals surface area contributed by atoms with E-state index >= 15 is 0 Å². The normalized spacial score (nSPS) is 12.2. The van der Waals surface area contributed by atoms with Crippen molar-refractivity contribution in [1.82, 2.24) is 0 Å². The molecule has 0 heterocycles. The maximum absolute atomic E-state index is 10.8. The fourth-order valence-electron chi connectivity index (χ4n) is 0.676. The quantitative estimate of drug-likeness (QED) is 0.452. The predicted octanol–water partition coefficient (Wildman–Crippen LogP) is -1.85. The van der Waals surface area contributed by atoms with Gasteiger partial charge in [-0.2, -0.15) is 8.42 Å². The van der Waals surface area contributed by atoms with Crippen molar-refractivity contribution in [3.05, 3.63) is 0 Å². The van der Waals surface area contributed by atoms with Gasteiger partial charge in [0.25, 0.3) is 10.1 Å². The van der Waals surface area contributed by atoms with Crippen LogP contribution in [0.4, 0.5) is 0 Å². The summed E-state index contributed by atoms with van der Waals surface area (Å²) in [7, 11) is -2.69. The summed E-state index contributed by atoms with van der Waals surface area (Å²) in [5, 5.41) is -1.93. The Morgan fingerprint density at radius 1 is 1.27 bits per heavy atom. The summed E-state index contributed by atoms with van der Waals surface area (Å²) in [6.45, 7) is 0. The van der Waals surface area contributed by atoms with E-state index in [1.807, 2.05) is 0 Å². The topological polar surface area (TPSA) is 138 Å². The average Bonchev–Trinajstić information content (AvgIpc) is 2.10. The first-order valence-electron chi connectivity index (χ1n) is 3.44. The van der Waals surface area contributed by atoms with E-state index in [1.54, 1.807) is 0 Å². The molecule has 0 aliphatic carbocycles. The summed E-state index contributed by atoms with van der Waals surface area (Å²) in [5.74, 6) is -2.14. The summed E-state index contributed by atoms with van der Waals surface area (Å²) in [6, 6.07) is 0. The van der Waals surface area contributed by atoms with Crippen LogP contribution in [0.1, 0.15) is 6.42 Å². The van der Waals surface area contributed by atoms with Crippen molar-refractivity contribution in [2.75, 3.05) is 14.2 Å². The predicted molar refractivity (Wildman–Crippen MR) is 47.6 cm³/mol. The molecule has 1 atom stereocenters. The highest BCUT2D eigenvalue weighted by molar-refractivity contribution is 7.87. The molecule has 9 heteroatoms. The van der Waals surface area contributed by atoms with E-state index in [1.165, 1.54) is 0 Å². The Kier molecular flexibility index (Phi) is 6.85. The summed E-state index contributed by atoms with van der Waals surface area (Å²) in [5.41, 5.74) is 0. The van der Waals surface area contributed by atoms with E-state index < -0.39 is 33.7 Å². The lowest BCUT2D eigenvalue weighted by molar-refractivity contribution is -0.146. The first kappa shape index (κ1) is 16.2. The van der Waals surface area contributed by atoms with Crippen molar-refractivity contribution in [2.45, 2.75) is 11.7 Å². The number of carbonyl (C=O) groups excluding carboxylic acids is 2. The van der Waals surface area contributed by atoms with Gasteiger partial charge in [0.2, 0.25) is 0 Å². The number of carbonyl (C=O) groups is 2. The van der Waals surface area contributed by atoms with Crippen LogP contribution in [0.2, 0.25) is 0 Å². The van der Waals surface area contributed by atoms with Crippen molar-refractivity contribution in [3.63, 3.8) is 0 Å².